The molecule has 71 valence electrons. The van der Waals surface area contributed by atoms with Crippen LogP contribution in [0.15, 0.2) is 30.3 Å². The number of hydrogen-bond donors (Lipinski definition) is 1. The first-order chi connectivity index (χ1) is 6.77. The topological polar surface area (TPSA) is 52.1 Å². The molecule has 1 radical (unpaired) electrons. The van der Waals surface area contributed by atoms with Crippen LogP contribution in [0.3, 0.4) is 0 Å². The molecule has 4 heteroatoms. The second-order valence-electron chi connectivity index (χ2n) is 3.09. The highest BCUT2D eigenvalue weighted by Crippen LogP contribution is 2.14. The Morgan fingerprint density at radius 3 is 2.50 bits per heavy atom. The van der Waals surface area contributed by atoms with Gasteiger partial charge in [0.2, 0.25) is 5.91 Å². The van der Waals surface area contributed by atoms with Gasteiger partial charge in [0.15, 0.2) is 5.69 Å². The van der Waals surface area contributed by atoms with Crippen molar-refractivity contribution in [2.24, 2.45) is 0 Å². The Balaban J connectivity index is 2.20. The molecule has 14 heavy (non-hydrogen) atoms. The van der Waals surface area contributed by atoms with Gasteiger partial charge in [0.1, 0.15) is 6.54 Å². The first-order valence-electron chi connectivity index (χ1n) is 4.44. The Morgan fingerprint density at radius 2 is 1.86 bits per heavy atom. The lowest BCUT2D eigenvalue weighted by atomic mass is 10.2. The summed E-state index contributed by atoms with van der Waals surface area (Å²) in [6.07, 6.45) is 0.362. The fraction of sp³-hybridized carbons (Fsp3) is 0.200. The van der Waals surface area contributed by atoms with Gasteiger partial charge in [-0.15, -0.1) is 0 Å². The van der Waals surface area contributed by atoms with Gasteiger partial charge in [-0.2, -0.15) is 0 Å². The number of para-hydroxylation sites is 1. The van der Waals surface area contributed by atoms with Crippen LogP contribution < -0.4 is 10.2 Å². The summed E-state index contributed by atoms with van der Waals surface area (Å²) in [4.78, 5) is 23.8. The van der Waals surface area contributed by atoms with Gasteiger partial charge in [-0.05, 0) is 4.90 Å². The van der Waals surface area contributed by atoms with Gasteiger partial charge in [-0.3, -0.25) is 4.79 Å². The molecule has 0 spiro atoms. The van der Waals surface area contributed by atoms with Gasteiger partial charge < -0.3 is 0 Å². The SMILES string of the molecule is O=C1CC[N+](c2ccccc2)C(=O)N1. The van der Waals surface area contributed by atoms with Gasteiger partial charge in [-0.25, -0.2) is 10.1 Å². The standard InChI is InChI=1S/C10H10N2O2/c13-9-6-7-12(10(14)11-9)8-4-2-1-3-5-8/h1-5H,6-7H2,(H,11,13,14)/q+1. The van der Waals surface area contributed by atoms with Crippen molar-refractivity contribution in [3.05, 3.63) is 30.3 Å². The van der Waals surface area contributed by atoms with E-state index in [1.807, 2.05) is 30.3 Å². The van der Waals surface area contributed by atoms with Crippen LogP contribution in [0.25, 0.3) is 0 Å². The molecule has 1 fully saturated rings. The van der Waals surface area contributed by atoms with E-state index in [0.29, 0.717) is 13.0 Å². The van der Waals surface area contributed by atoms with Crippen LogP contribution in [0.1, 0.15) is 6.42 Å². The van der Waals surface area contributed by atoms with Crippen molar-refractivity contribution < 1.29 is 9.59 Å². The summed E-state index contributed by atoms with van der Waals surface area (Å²) in [7, 11) is 0. The lowest BCUT2D eigenvalue weighted by molar-refractivity contribution is -0.120. The minimum absolute atomic E-state index is 0.206. The molecule has 1 aliphatic heterocycles. The highest BCUT2D eigenvalue weighted by Gasteiger charge is 2.35. The minimum Gasteiger partial charge on any atom is -0.274 e. The molecule has 2 rings (SSSR count). The lowest BCUT2D eigenvalue weighted by Gasteiger charge is -2.13. The van der Waals surface area contributed by atoms with Crippen molar-refractivity contribution in [1.82, 2.24) is 10.2 Å². The Bertz CT molecular complexity index is 362. The number of amides is 3. The van der Waals surface area contributed by atoms with E-state index in [2.05, 4.69) is 5.32 Å². The number of imide groups is 1. The molecular weight excluding hydrogens is 180 g/mol. The highest BCUT2D eigenvalue weighted by molar-refractivity contribution is 6.00. The molecule has 1 heterocycles. The Kier molecular flexibility index (Phi) is 2.28. The molecule has 3 amide bonds. The van der Waals surface area contributed by atoms with Crippen LogP contribution in [-0.4, -0.2) is 18.5 Å². The van der Waals surface area contributed by atoms with E-state index in [-0.39, 0.29) is 11.9 Å². The third kappa shape index (κ3) is 1.65. The molecular formula is C10H10N2O2+. The molecule has 1 N–H and O–H groups in total. The van der Waals surface area contributed by atoms with E-state index >= 15 is 0 Å². The molecule has 0 aromatic heterocycles. The van der Waals surface area contributed by atoms with Crippen LogP contribution in [0, 0.1) is 0 Å². The number of anilines is 1. The maximum atomic E-state index is 11.4. The zero-order chi connectivity index (χ0) is 9.97. The number of carbonyl (C=O) groups excluding carboxylic acids is 2. The van der Waals surface area contributed by atoms with Gasteiger partial charge in [0, 0.05) is 12.1 Å². The molecule has 1 aromatic carbocycles. The summed E-state index contributed by atoms with van der Waals surface area (Å²) >= 11 is 0. The second kappa shape index (κ2) is 3.59. The van der Waals surface area contributed by atoms with E-state index in [1.54, 1.807) is 4.90 Å². The van der Waals surface area contributed by atoms with Crippen molar-refractivity contribution in [3.63, 3.8) is 0 Å². The number of nitrogens with zero attached hydrogens (tertiary/aromatic N) is 1. The van der Waals surface area contributed by atoms with Crippen LogP contribution in [0.5, 0.6) is 0 Å². The fourth-order valence-corrected chi connectivity index (χ4v) is 1.42. The molecule has 1 saturated heterocycles. The number of rotatable bonds is 1. The van der Waals surface area contributed by atoms with Gasteiger partial charge >= 0.3 is 6.03 Å². The van der Waals surface area contributed by atoms with Crippen molar-refractivity contribution >= 4 is 17.6 Å². The first-order valence-corrected chi connectivity index (χ1v) is 4.44. The van der Waals surface area contributed by atoms with Crippen LogP contribution in [-0.2, 0) is 4.79 Å². The maximum Gasteiger partial charge on any atom is 0.477 e. The molecule has 0 saturated carbocycles. The van der Waals surface area contributed by atoms with Crippen molar-refractivity contribution in [3.8, 4) is 0 Å². The zero-order valence-corrected chi connectivity index (χ0v) is 7.56. The normalized spacial score (nSPS) is 18.0. The van der Waals surface area contributed by atoms with E-state index < -0.39 is 0 Å². The fourth-order valence-electron chi connectivity index (χ4n) is 1.42. The summed E-state index contributed by atoms with van der Waals surface area (Å²) in [5, 5.41) is 2.28. The number of urea groups is 1. The van der Waals surface area contributed by atoms with E-state index in [0.717, 1.165) is 5.69 Å². The summed E-state index contributed by atoms with van der Waals surface area (Å²) in [6, 6.07) is 8.95. The molecule has 1 aromatic rings. The van der Waals surface area contributed by atoms with Crippen molar-refractivity contribution in [2.75, 3.05) is 6.54 Å². The number of benzene rings is 1. The average molecular weight is 190 g/mol. The first kappa shape index (κ1) is 8.90. The van der Waals surface area contributed by atoms with Crippen LogP contribution >= 0.6 is 0 Å². The number of hydrogen-bond acceptors (Lipinski definition) is 2. The summed E-state index contributed by atoms with van der Waals surface area (Å²) < 4.78 is 0. The molecule has 0 unspecified atom stereocenters. The quantitative estimate of drug-likeness (QED) is 0.674. The summed E-state index contributed by atoms with van der Waals surface area (Å²) in [5.41, 5.74) is 0.817. The largest absolute Gasteiger partial charge is 0.477 e. The smallest absolute Gasteiger partial charge is 0.274 e. The zero-order valence-electron chi connectivity index (χ0n) is 7.56. The maximum absolute atomic E-state index is 11.4. The predicted molar refractivity (Wildman–Crippen MR) is 51.3 cm³/mol. The number of nitrogens with one attached hydrogen (secondary N) is 1. The highest BCUT2D eigenvalue weighted by atomic mass is 16.2. The Morgan fingerprint density at radius 1 is 1.14 bits per heavy atom. The van der Waals surface area contributed by atoms with E-state index in [1.165, 1.54) is 0 Å². The minimum atomic E-state index is -0.340. The van der Waals surface area contributed by atoms with Crippen molar-refractivity contribution in [2.45, 2.75) is 6.42 Å². The van der Waals surface area contributed by atoms with E-state index in [9.17, 15) is 9.59 Å². The van der Waals surface area contributed by atoms with Crippen LogP contribution in [0.4, 0.5) is 10.5 Å². The summed E-state index contributed by atoms with van der Waals surface area (Å²) in [6.45, 7) is 0.453. The third-order valence-corrected chi connectivity index (χ3v) is 2.12. The summed E-state index contributed by atoms with van der Waals surface area (Å²) in [5.74, 6) is -0.206. The van der Waals surface area contributed by atoms with E-state index in [4.69, 9.17) is 0 Å². The molecule has 0 atom stereocenters. The van der Waals surface area contributed by atoms with Crippen LogP contribution in [0.2, 0.25) is 0 Å². The molecule has 0 bridgehead atoms. The average Bonchev–Trinajstić information content (AvgIpc) is 2.19. The van der Waals surface area contributed by atoms with Gasteiger partial charge in [0.05, 0.1) is 6.42 Å². The van der Waals surface area contributed by atoms with Gasteiger partial charge in [-0.1, -0.05) is 18.2 Å². The predicted octanol–water partition coefficient (Wildman–Crippen LogP) is 1.10. The Hall–Kier alpha value is -1.68. The van der Waals surface area contributed by atoms with Crippen molar-refractivity contribution in [1.29, 1.82) is 0 Å². The monoisotopic (exact) mass is 190 g/mol. The molecule has 4 nitrogen and oxygen atoms in total. The number of carbonyl (C=O) groups is 2. The lowest BCUT2D eigenvalue weighted by Crippen LogP contribution is -2.50. The Labute approximate surface area is 81.5 Å². The molecule has 1 aliphatic rings. The third-order valence-electron chi connectivity index (χ3n) is 2.12. The van der Waals surface area contributed by atoms with Gasteiger partial charge in [0.25, 0.3) is 0 Å². The second-order valence-corrected chi connectivity index (χ2v) is 3.09. The molecule has 0 aliphatic carbocycles.